The molecule has 166 valence electrons. The Kier molecular flexibility index (Phi) is 8.72. The molecule has 2 amide bonds. The zero-order valence-corrected chi connectivity index (χ0v) is 19.6. The average molecular weight is 489 g/mol. The van der Waals surface area contributed by atoms with Crippen LogP contribution in [-0.4, -0.2) is 35.8 Å². The van der Waals surface area contributed by atoms with Gasteiger partial charge in [0.25, 0.3) is 11.8 Å². The summed E-state index contributed by atoms with van der Waals surface area (Å²) in [5.74, 6) is -0.245. The molecule has 0 aliphatic rings. The molecule has 0 saturated carbocycles. The predicted molar refractivity (Wildman–Crippen MR) is 130 cm³/mol. The first-order valence-electron chi connectivity index (χ1n) is 9.69. The molecule has 0 spiro atoms. The van der Waals surface area contributed by atoms with Gasteiger partial charge in [0.2, 0.25) is 0 Å². The monoisotopic (exact) mass is 488 g/mol. The SMILES string of the molecule is CSCCC(NC(=O)c1ccccc1Cl)C(=O)Oc1ccc(NC(=O)c2cccs2)cc1. The highest BCUT2D eigenvalue weighted by molar-refractivity contribution is 7.98. The second-order valence-electron chi connectivity index (χ2n) is 6.66. The maximum Gasteiger partial charge on any atom is 0.334 e. The molecule has 2 aromatic carbocycles. The molecule has 1 unspecified atom stereocenters. The lowest BCUT2D eigenvalue weighted by Crippen LogP contribution is -2.43. The zero-order valence-electron chi connectivity index (χ0n) is 17.2. The molecule has 32 heavy (non-hydrogen) atoms. The number of carbonyl (C=O) groups excluding carboxylic acids is 3. The first-order chi connectivity index (χ1) is 15.5. The summed E-state index contributed by atoms with van der Waals surface area (Å²) in [6.45, 7) is 0. The molecule has 3 aromatic rings. The number of benzene rings is 2. The number of halogens is 1. The van der Waals surface area contributed by atoms with E-state index in [0.29, 0.717) is 39.1 Å². The van der Waals surface area contributed by atoms with Gasteiger partial charge in [0.15, 0.2) is 0 Å². The zero-order chi connectivity index (χ0) is 22.9. The summed E-state index contributed by atoms with van der Waals surface area (Å²) >= 11 is 9.00. The summed E-state index contributed by atoms with van der Waals surface area (Å²) in [5.41, 5.74) is 0.871. The van der Waals surface area contributed by atoms with Crippen LogP contribution in [0.25, 0.3) is 0 Å². The number of rotatable bonds is 9. The minimum absolute atomic E-state index is 0.204. The number of carbonyl (C=O) groups is 3. The lowest BCUT2D eigenvalue weighted by atomic mass is 10.1. The number of anilines is 1. The van der Waals surface area contributed by atoms with Crippen LogP contribution < -0.4 is 15.4 Å². The highest BCUT2D eigenvalue weighted by Gasteiger charge is 2.24. The van der Waals surface area contributed by atoms with Gasteiger partial charge in [-0.25, -0.2) is 4.79 Å². The summed E-state index contributed by atoms with van der Waals surface area (Å²) < 4.78 is 5.47. The smallest absolute Gasteiger partial charge is 0.334 e. The fourth-order valence-electron chi connectivity index (χ4n) is 2.76. The van der Waals surface area contributed by atoms with E-state index < -0.39 is 17.9 Å². The molecule has 1 heterocycles. The maximum absolute atomic E-state index is 12.7. The Hall–Kier alpha value is -2.81. The van der Waals surface area contributed by atoms with E-state index in [1.54, 1.807) is 72.4 Å². The van der Waals surface area contributed by atoms with E-state index in [-0.39, 0.29) is 5.91 Å². The van der Waals surface area contributed by atoms with Gasteiger partial charge in [-0.1, -0.05) is 29.8 Å². The fraction of sp³-hybridized carbons (Fsp3) is 0.174. The third kappa shape index (κ3) is 6.59. The van der Waals surface area contributed by atoms with Gasteiger partial charge in [0.1, 0.15) is 11.8 Å². The maximum atomic E-state index is 12.7. The van der Waals surface area contributed by atoms with Gasteiger partial charge in [-0.15, -0.1) is 11.3 Å². The van der Waals surface area contributed by atoms with Crippen LogP contribution in [0.1, 0.15) is 26.5 Å². The minimum Gasteiger partial charge on any atom is -0.425 e. The molecule has 9 heteroatoms. The van der Waals surface area contributed by atoms with Crippen molar-refractivity contribution in [2.45, 2.75) is 12.5 Å². The van der Waals surface area contributed by atoms with Crippen LogP contribution in [0.4, 0.5) is 5.69 Å². The van der Waals surface area contributed by atoms with Crippen molar-refractivity contribution in [1.82, 2.24) is 5.32 Å². The number of esters is 1. The summed E-state index contributed by atoms with van der Waals surface area (Å²) in [6, 6.07) is 15.8. The van der Waals surface area contributed by atoms with Crippen molar-refractivity contribution >= 4 is 58.2 Å². The molecule has 2 N–H and O–H groups in total. The van der Waals surface area contributed by atoms with Crippen LogP contribution in [0.2, 0.25) is 5.02 Å². The molecule has 0 aliphatic carbocycles. The lowest BCUT2D eigenvalue weighted by Gasteiger charge is -2.18. The van der Waals surface area contributed by atoms with E-state index in [0.717, 1.165) is 0 Å². The van der Waals surface area contributed by atoms with Crippen molar-refractivity contribution in [3.05, 3.63) is 81.5 Å². The first-order valence-corrected chi connectivity index (χ1v) is 12.3. The molecule has 6 nitrogen and oxygen atoms in total. The van der Waals surface area contributed by atoms with Crippen molar-refractivity contribution in [2.75, 3.05) is 17.3 Å². The average Bonchev–Trinajstić information content (AvgIpc) is 3.33. The minimum atomic E-state index is -0.829. The Bertz CT molecular complexity index is 1070. The molecule has 0 aliphatic heterocycles. The van der Waals surface area contributed by atoms with E-state index in [4.69, 9.17) is 16.3 Å². The Morgan fingerprint density at radius 1 is 1.03 bits per heavy atom. The van der Waals surface area contributed by atoms with Crippen LogP contribution in [0.5, 0.6) is 5.75 Å². The van der Waals surface area contributed by atoms with Gasteiger partial charge in [0.05, 0.1) is 15.5 Å². The van der Waals surface area contributed by atoms with Crippen LogP contribution in [0, 0.1) is 0 Å². The molecule has 1 aromatic heterocycles. The van der Waals surface area contributed by atoms with Crippen LogP contribution in [-0.2, 0) is 4.79 Å². The van der Waals surface area contributed by atoms with Crippen molar-refractivity contribution in [1.29, 1.82) is 0 Å². The number of ether oxygens (including phenoxy) is 1. The Balaban J connectivity index is 1.63. The number of hydrogen-bond acceptors (Lipinski definition) is 6. The first kappa shape index (κ1) is 23.8. The second-order valence-corrected chi connectivity index (χ2v) is 9.00. The fourth-order valence-corrected chi connectivity index (χ4v) is 4.07. The van der Waals surface area contributed by atoms with Gasteiger partial charge in [-0.2, -0.15) is 11.8 Å². The highest BCUT2D eigenvalue weighted by atomic mass is 35.5. The summed E-state index contributed by atoms with van der Waals surface area (Å²) in [4.78, 5) is 38.1. The van der Waals surface area contributed by atoms with Crippen molar-refractivity contribution in [3.8, 4) is 5.75 Å². The Morgan fingerprint density at radius 2 is 1.78 bits per heavy atom. The summed E-state index contributed by atoms with van der Waals surface area (Å²) in [6.07, 6.45) is 2.33. The second kappa shape index (κ2) is 11.7. The number of nitrogens with one attached hydrogen (secondary N) is 2. The molecule has 0 bridgehead atoms. The van der Waals surface area contributed by atoms with Gasteiger partial charge in [-0.05, 0) is 66.3 Å². The molecular weight excluding hydrogens is 468 g/mol. The standard InChI is InChI=1S/C23H21ClN2O4S2/c1-31-14-12-19(26-21(27)17-5-2-3-6-18(17)24)23(29)30-16-10-8-15(9-11-16)25-22(28)20-7-4-13-32-20/h2-11,13,19H,12,14H2,1H3,(H,25,28)(H,26,27). The predicted octanol–water partition coefficient (Wildman–Crippen LogP) is 5.11. The Morgan fingerprint density at radius 3 is 2.44 bits per heavy atom. The van der Waals surface area contributed by atoms with Gasteiger partial charge in [0, 0.05) is 5.69 Å². The molecule has 3 rings (SSSR count). The molecule has 0 radical (unpaired) electrons. The highest BCUT2D eigenvalue weighted by Crippen LogP contribution is 2.19. The molecular formula is C23H21ClN2O4S2. The third-order valence-electron chi connectivity index (χ3n) is 4.39. The Labute approximate surface area is 199 Å². The largest absolute Gasteiger partial charge is 0.425 e. The van der Waals surface area contributed by atoms with E-state index >= 15 is 0 Å². The topological polar surface area (TPSA) is 84.5 Å². The summed E-state index contributed by atoms with van der Waals surface area (Å²) in [5, 5.41) is 7.64. The molecule has 0 fully saturated rings. The van der Waals surface area contributed by atoms with Gasteiger partial charge in [-0.3, -0.25) is 9.59 Å². The lowest BCUT2D eigenvalue weighted by molar-refractivity contribution is -0.136. The number of thiophene rings is 1. The quantitative estimate of drug-likeness (QED) is 0.323. The number of hydrogen-bond donors (Lipinski definition) is 2. The van der Waals surface area contributed by atoms with Gasteiger partial charge >= 0.3 is 5.97 Å². The third-order valence-corrected chi connectivity index (χ3v) is 6.24. The van der Waals surface area contributed by atoms with Crippen LogP contribution in [0.3, 0.4) is 0 Å². The van der Waals surface area contributed by atoms with E-state index in [1.165, 1.54) is 11.3 Å². The normalized spacial score (nSPS) is 11.4. The van der Waals surface area contributed by atoms with Crippen LogP contribution in [0.15, 0.2) is 66.0 Å². The summed E-state index contributed by atoms with van der Waals surface area (Å²) in [7, 11) is 0. The van der Waals surface area contributed by atoms with Crippen molar-refractivity contribution in [2.24, 2.45) is 0 Å². The molecule has 0 saturated heterocycles. The van der Waals surface area contributed by atoms with Crippen molar-refractivity contribution < 1.29 is 19.1 Å². The van der Waals surface area contributed by atoms with Crippen LogP contribution >= 0.6 is 34.7 Å². The van der Waals surface area contributed by atoms with E-state index in [9.17, 15) is 14.4 Å². The van der Waals surface area contributed by atoms with Crippen molar-refractivity contribution in [3.63, 3.8) is 0 Å². The number of thioether (sulfide) groups is 1. The van der Waals surface area contributed by atoms with Gasteiger partial charge < -0.3 is 15.4 Å². The van der Waals surface area contributed by atoms with E-state index in [1.807, 2.05) is 11.6 Å². The van der Waals surface area contributed by atoms with E-state index in [2.05, 4.69) is 10.6 Å². The number of amides is 2. The molecule has 1 atom stereocenters.